The van der Waals surface area contributed by atoms with Crippen molar-refractivity contribution in [3.63, 3.8) is 0 Å². The fourth-order valence-electron chi connectivity index (χ4n) is 8.18. The van der Waals surface area contributed by atoms with Gasteiger partial charge in [0.05, 0.1) is 39.1 Å². The van der Waals surface area contributed by atoms with Crippen molar-refractivity contribution >= 4 is 34.4 Å². The molecule has 0 saturated carbocycles. The molecule has 7 aromatic carbocycles. The molecule has 0 aliphatic carbocycles. The first-order chi connectivity index (χ1) is 30.7. The van der Waals surface area contributed by atoms with Crippen LogP contribution in [-0.2, 0) is 54.9 Å². The molecule has 1 fully saturated rings. The Labute approximate surface area is 366 Å². The van der Waals surface area contributed by atoms with Gasteiger partial charge in [-0.15, -0.1) is 0 Å². The van der Waals surface area contributed by atoms with E-state index in [-0.39, 0.29) is 18.8 Å². The van der Waals surface area contributed by atoms with Crippen molar-refractivity contribution in [2.45, 2.75) is 63.4 Å². The third-order valence-electron chi connectivity index (χ3n) is 11.2. The molecule has 314 valence electrons. The standard InChI is InChI=1S/C55H53O6P/c56-47(42-62(48-30-16-5-17-31-48,49-32-18-6-19-33-49)50-34-20-7-21-35-50)36-51-53(58-38-44-24-10-2-11-25-44)55(60-40-46-28-14-4-15-29-46)54(59-39-45-26-12-3-13-27-45)52(61-51)41-57-37-43-22-8-1-9-23-43/h1-35,42,51-55H,36-41H2/t51-,52-,53+,54-,55-/m1/s1. The number of carbonyl (C=O) groups excluding carboxylic acids is 1. The number of hydrogen-bond acceptors (Lipinski definition) is 6. The fraction of sp³-hybridized carbons (Fsp3) is 0.200. The molecule has 1 heterocycles. The number of rotatable bonds is 19. The molecular weight excluding hydrogens is 788 g/mol. The van der Waals surface area contributed by atoms with Crippen LogP contribution in [0.3, 0.4) is 0 Å². The minimum Gasteiger partial charge on any atom is -0.374 e. The summed E-state index contributed by atoms with van der Waals surface area (Å²) >= 11 is 0. The lowest BCUT2D eigenvalue weighted by Gasteiger charge is -2.46. The lowest BCUT2D eigenvalue weighted by atomic mass is 9.91. The number of hydrogen-bond donors (Lipinski definition) is 0. The van der Waals surface area contributed by atoms with Crippen LogP contribution in [0.15, 0.2) is 212 Å². The van der Waals surface area contributed by atoms with Crippen LogP contribution < -0.4 is 15.9 Å². The number of ketones is 1. The van der Waals surface area contributed by atoms with Gasteiger partial charge in [0.15, 0.2) is 5.78 Å². The maximum absolute atomic E-state index is 15.2. The molecule has 1 saturated heterocycles. The maximum atomic E-state index is 15.2. The third-order valence-corrected chi connectivity index (χ3v) is 15.2. The van der Waals surface area contributed by atoms with E-state index >= 15 is 4.79 Å². The van der Waals surface area contributed by atoms with Crippen LogP contribution in [0, 0.1) is 0 Å². The van der Waals surface area contributed by atoms with Gasteiger partial charge in [0.25, 0.3) is 0 Å². The zero-order valence-electron chi connectivity index (χ0n) is 34.8. The molecule has 6 nitrogen and oxygen atoms in total. The topological polar surface area (TPSA) is 63.2 Å². The molecule has 0 amide bonds. The highest BCUT2D eigenvalue weighted by atomic mass is 31.2. The highest BCUT2D eigenvalue weighted by Crippen LogP contribution is 2.44. The predicted molar refractivity (Wildman–Crippen MR) is 251 cm³/mol. The minimum absolute atomic E-state index is 0.0392. The zero-order chi connectivity index (χ0) is 42.2. The lowest BCUT2D eigenvalue weighted by molar-refractivity contribution is -0.272. The van der Waals surface area contributed by atoms with Crippen LogP contribution in [0.5, 0.6) is 0 Å². The van der Waals surface area contributed by atoms with Crippen LogP contribution in [-0.4, -0.2) is 48.7 Å². The summed E-state index contributed by atoms with van der Waals surface area (Å²) in [7, 11) is 0. The first kappa shape index (κ1) is 43.0. The molecule has 1 aliphatic rings. The second kappa shape index (κ2) is 21.9. The molecule has 7 heteroatoms. The van der Waals surface area contributed by atoms with Crippen LogP contribution in [0.1, 0.15) is 28.7 Å². The van der Waals surface area contributed by atoms with Crippen molar-refractivity contribution in [3.05, 3.63) is 235 Å². The molecule has 62 heavy (non-hydrogen) atoms. The van der Waals surface area contributed by atoms with Crippen LogP contribution in [0.4, 0.5) is 0 Å². The summed E-state index contributed by atoms with van der Waals surface area (Å²) in [6, 6.07) is 71.6. The van der Waals surface area contributed by atoms with Crippen molar-refractivity contribution in [2.75, 3.05) is 6.61 Å². The Balaban J connectivity index is 1.20. The van der Waals surface area contributed by atoms with Crippen LogP contribution in [0.25, 0.3) is 0 Å². The second-order valence-corrected chi connectivity index (χ2v) is 18.8. The fourth-order valence-corrected chi connectivity index (χ4v) is 12.0. The summed E-state index contributed by atoms with van der Waals surface area (Å²) < 4.78 is 34.4. The molecule has 0 N–H and O–H groups in total. The largest absolute Gasteiger partial charge is 0.374 e. The summed E-state index contributed by atoms with van der Waals surface area (Å²) in [5.74, 6) is 1.95. The van der Waals surface area contributed by atoms with Gasteiger partial charge in [-0.25, -0.2) is 0 Å². The molecule has 8 rings (SSSR count). The van der Waals surface area contributed by atoms with Gasteiger partial charge in [0.1, 0.15) is 24.4 Å². The predicted octanol–water partition coefficient (Wildman–Crippen LogP) is 9.48. The van der Waals surface area contributed by atoms with E-state index in [1.165, 1.54) is 0 Å². The summed E-state index contributed by atoms with van der Waals surface area (Å²) in [5.41, 5.74) is 4.09. The van der Waals surface area contributed by atoms with Crippen LogP contribution >= 0.6 is 6.89 Å². The molecule has 1 aliphatic heterocycles. The Bertz CT molecular complexity index is 2330. The van der Waals surface area contributed by atoms with E-state index in [1.807, 2.05) is 133 Å². The Morgan fingerprint density at radius 2 is 0.742 bits per heavy atom. The van der Waals surface area contributed by atoms with Crippen molar-refractivity contribution in [1.29, 1.82) is 0 Å². The van der Waals surface area contributed by atoms with Gasteiger partial charge >= 0.3 is 0 Å². The van der Waals surface area contributed by atoms with Crippen molar-refractivity contribution in [2.24, 2.45) is 0 Å². The summed E-state index contributed by atoms with van der Waals surface area (Å²) in [6.07, 6.45) is -3.14. The zero-order valence-corrected chi connectivity index (χ0v) is 35.7. The van der Waals surface area contributed by atoms with Crippen molar-refractivity contribution < 1.29 is 28.5 Å². The lowest BCUT2D eigenvalue weighted by Crippen LogP contribution is -2.61. The van der Waals surface area contributed by atoms with Crippen LogP contribution in [0.2, 0.25) is 0 Å². The van der Waals surface area contributed by atoms with E-state index in [0.29, 0.717) is 26.4 Å². The number of benzene rings is 7. The molecule has 0 radical (unpaired) electrons. The van der Waals surface area contributed by atoms with E-state index < -0.39 is 37.4 Å². The SMILES string of the molecule is O=C(C=P(c1ccccc1)(c1ccccc1)c1ccccc1)C[C@H]1O[C@H](COCc2ccccc2)[C@@H](OCc2ccccc2)[C@H](OCc2ccccc2)[C@H]1OCc1ccccc1. The van der Waals surface area contributed by atoms with E-state index in [9.17, 15) is 0 Å². The van der Waals surface area contributed by atoms with Gasteiger partial charge < -0.3 is 23.7 Å². The van der Waals surface area contributed by atoms with E-state index in [1.54, 1.807) is 0 Å². The van der Waals surface area contributed by atoms with Gasteiger partial charge in [0, 0.05) is 6.42 Å². The Morgan fingerprint density at radius 3 is 1.13 bits per heavy atom. The quantitative estimate of drug-likeness (QED) is 0.0757. The Morgan fingerprint density at radius 1 is 0.419 bits per heavy atom. The normalized spacial score (nSPS) is 18.8. The van der Waals surface area contributed by atoms with E-state index in [2.05, 4.69) is 84.9 Å². The molecule has 0 unspecified atom stereocenters. The molecule has 7 aromatic rings. The monoisotopic (exact) mass is 840 g/mol. The molecule has 0 bridgehead atoms. The summed E-state index contributed by atoms with van der Waals surface area (Å²) in [4.78, 5) is 15.2. The summed E-state index contributed by atoms with van der Waals surface area (Å²) in [6.45, 7) is -1.05. The first-order valence-electron chi connectivity index (χ1n) is 21.3. The number of ether oxygens (including phenoxy) is 5. The molecule has 0 spiro atoms. The smallest absolute Gasteiger partial charge is 0.159 e. The Hall–Kier alpha value is -5.69. The molecular formula is C55H53O6P. The highest BCUT2D eigenvalue weighted by molar-refractivity contribution is 7.95. The average molecular weight is 841 g/mol. The van der Waals surface area contributed by atoms with E-state index in [4.69, 9.17) is 23.7 Å². The van der Waals surface area contributed by atoms with Gasteiger partial charge in [0.2, 0.25) is 0 Å². The van der Waals surface area contributed by atoms with Gasteiger partial charge in [-0.05, 0) is 50.8 Å². The second-order valence-electron chi connectivity index (χ2n) is 15.5. The molecule has 0 aromatic heterocycles. The van der Waals surface area contributed by atoms with Gasteiger partial charge in [-0.2, -0.15) is 0 Å². The average Bonchev–Trinajstić information content (AvgIpc) is 3.34. The van der Waals surface area contributed by atoms with Crippen molar-refractivity contribution in [3.8, 4) is 0 Å². The Kier molecular flexibility index (Phi) is 15.2. The minimum atomic E-state index is -2.60. The maximum Gasteiger partial charge on any atom is 0.159 e. The van der Waals surface area contributed by atoms with Gasteiger partial charge in [-0.1, -0.05) is 212 Å². The third kappa shape index (κ3) is 11.0. The highest BCUT2D eigenvalue weighted by Gasteiger charge is 2.49. The molecule has 5 atom stereocenters. The first-order valence-corrected chi connectivity index (χ1v) is 23.2. The van der Waals surface area contributed by atoms with E-state index in [0.717, 1.165) is 38.2 Å². The van der Waals surface area contributed by atoms with Crippen molar-refractivity contribution in [1.82, 2.24) is 0 Å². The number of carbonyl (C=O) groups is 1. The number of Topliss-reactive ketones (excluding diaryl/α,β-unsaturated/α-hetero) is 1. The summed E-state index contributed by atoms with van der Waals surface area (Å²) in [5, 5.41) is 3.29. The van der Waals surface area contributed by atoms with Gasteiger partial charge in [-0.3, -0.25) is 4.79 Å².